The van der Waals surface area contributed by atoms with Crippen molar-refractivity contribution in [1.29, 1.82) is 0 Å². The number of aromatic hydroxyl groups is 1. The van der Waals surface area contributed by atoms with E-state index in [0.717, 1.165) is 17.0 Å². The molecule has 4 aromatic rings. The molecule has 7 nitrogen and oxygen atoms in total. The Kier molecular flexibility index (Phi) is 5.93. The number of hydrogen-bond donors (Lipinski definition) is 1. The van der Waals surface area contributed by atoms with Crippen molar-refractivity contribution >= 4 is 22.5 Å². The van der Waals surface area contributed by atoms with E-state index < -0.39 is 23.0 Å². The Bertz CT molecular complexity index is 1440. The van der Waals surface area contributed by atoms with Crippen LogP contribution in [0.4, 0.5) is 14.5 Å². The molecule has 0 saturated carbocycles. The summed E-state index contributed by atoms with van der Waals surface area (Å²) < 4.78 is 39.6. The molecule has 0 spiro atoms. The van der Waals surface area contributed by atoms with Crippen molar-refractivity contribution in [3.63, 3.8) is 0 Å². The van der Waals surface area contributed by atoms with Crippen LogP contribution >= 0.6 is 0 Å². The Morgan fingerprint density at radius 3 is 2.15 bits per heavy atom. The number of nitrogens with zero attached hydrogens (tertiary/aromatic N) is 2. The molecule has 1 aromatic heterocycles. The number of phenols is 1. The van der Waals surface area contributed by atoms with Crippen molar-refractivity contribution in [2.75, 3.05) is 26.2 Å². The largest absolute Gasteiger partial charge is 0.508 e. The van der Waals surface area contributed by atoms with Crippen LogP contribution in [0.1, 0.15) is 10.4 Å². The highest BCUT2D eigenvalue weighted by atomic mass is 19.1. The number of methoxy groups -OCH3 is 2. The fourth-order valence-corrected chi connectivity index (χ4v) is 3.64. The molecular weight excluding hydrogens is 446 g/mol. The van der Waals surface area contributed by atoms with Crippen molar-refractivity contribution in [2.24, 2.45) is 0 Å². The predicted molar refractivity (Wildman–Crippen MR) is 123 cm³/mol. The minimum atomic E-state index is -0.857. The lowest BCUT2D eigenvalue weighted by molar-refractivity contribution is 0.0991. The maximum absolute atomic E-state index is 13.7. The van der Waals surface area contributed by atoms with Gasteiger partial charge in [0.15, 0.2) is 0 Å². The minimum Gasteiger partial charge on any atom is -0.508 e. The maximum Gasteiger partial charge on any atom is 0.263 e. The summed E-state index contributed by atoms with van der Waals surface area (Å²) in [5, 5.41) is 10.2. The van der Waals surface area contributed by atoms with Gasteiger partial charge in [-0.25, -0.2) is 8.78 Å². The zero-order valence-electron chi connectivity index (χ0n) is 18.5. The average molecular weight is 466 g/mol. The molecule has 0 saturated heterocycles. The van der Waals surface area contributed by atoms with Crippen molar-refractivity contribution in [3.05, 3.63) is 88.2 Å². The molecular formula is C25H20F2N2O5. The second-order valence-electron chi connectivity index (χ2n) is 7.51. The molecule has 0 aliphatic carbocycles. The van der Waals surface area contributed by atoms with E-state index in [4.69, 9.17) is 9.47 Å². The first-order chi connectivity index (χ1) is 16.2. The van der Waals surface area contributed by atoms with E-state index in [0.29, 0.717) is 28.8 Å². The van der Waals surface area contributed by atoms with Crippen LogP contribution in [-0.4, -0.2) is 36.8 Å². The van der Waals surface area contributed by atoms with Crippen LogP contribution in [-0.2, 0) is 0 Å². The van der Waals surface area contributed by atoms with E-state index in [2.05, 4.69) is 0 Å². The Hall–Kier alpha value is -4.40. The lowest BCUT2D eigenvalue weighted by atomic mass is 10.1. The molecule has 0 aliphatic rings. The number of pyridine rings is 1. The van der Waals surface area contributed by atoms with Crippen molar-refractivity contribution in [3.8, 4) is 22.9 Å². The highest BCUT2D eigenvalue weighted by Crippen LogP contribution is 2.29. The standard InChI is InChI=1S/C25H20F2N2O5/c1-28(16-7-14(26)6-15(27)8-16)25(32)22-13-29(17-9-19(33-2)12-20(10-17)34-3)23-11-18(30)4-5-21(23)24(22)31/h4-13,30H,1-3H3. The van der Waals surface area contributed by atoms with Gasteiger partial charge in [0, 0.05) is 54.6 Å². The summed E-state index contributed by atoms with van der Waals surface area (Å²) in [6, 6.07) is 11.8. The lowest BCUT2D eigenvalue weighted by Crippen LogP contribution is -2.32. The van der Waals surface area contributed by atoms with E-state index in [1.807, 2.05) is 0 Å². The number of carbonyl (C=O) groups excluding carboxylic acids is 1. The fourth-order valence-electron chi connectivity index (χ4n) is 3.64. The van der Waals surface area contributed by atoms with Crippen LogP contribution in [0, 0.1) is 11.6 Å². The van der Waals surface area contributed by atoms with Crippen LogP contribution in [0.15, 0.2) is 65.6 Å². The summed E-state index contributed by atoms with van der Waals surface area (Å²) in [7, 11) is 4.28. The van der Waals surface area contributed by atoms with Gasteiger partial charge < -0.3 is 24.0 Å². The van der Waals surface area contributed by atoms with Crippen LogP contribution in [0.5, 0.6) is 17.2 Å². The van der Waals surface area contributed by atoms with Gasteiger partial charge in [-0.1, -0.05) is 0 Å². The minimum absolute atomic E-state index is 0.0534. The normalized spacial score (nSPS) is 10.9. The molecule has 1 heterocycles. The number of aromatic nitrogens is 1. The maximum atomic E-state index is 13.7. The zero-order chi connectivity index (χ0) is 24.6. The predicted octanol–water partition coefficient (Wildman–Crippen LogP) is 4.27. The van der Waals surface area contributed by atoms with Gasteiger partial charge in [0.2, 0.25) is 5.43 Å². The van der Waals surface area contributed by atoms with E-state index in [-0.39, 0.29) is 22.4 Å². The quantitative estimate of drug-likeness (QED) is 0.475. The molecule has 0 radical (unpaired) electrons. The number of anilines is 1. The highest BCUT2D eigenvalue weighted by Gasteiger charge is 2.22. The van der Waals surface area contributed by atoms with E-state index in [9.17, 15) is 23.5 Å². The van der Waals surface area contributed by atoms with Crippen LogP contribution < -0.4 is 19.8 Å². The molecule has 4 rings (SSSR count). The SMILES string of the molecule is COc1cc(OC)cc(-n2cc(C(=O)N(C)c3cc(F)cc(F)c3)c(=O)c3ccc(O)cc32)c1. The van der Waals surface area contributed by atoms with Crippen LogP contribution in [0.3, 0.4) is 0 Å². The smallest absolute Gasteiger partial charge is 0.263 e. The van der Waals surface area contributed by atoms with Gasteiger partial charge in [-0.2, -0.15) is 0 Å². The molecule has 174 valence electrons. The first-order valence-electron chi connectivity index (χ1n) is 10.1. The summed E-state index contributed by atoms with van der Waals surface area (Å²) in [5.74, 6) is -1.65. The summed E-state index contributed by atoms with van der Waals surface area (Å²) in [4.78, 5) is 27.5. The van der Waals surface area contributed by atoms with E-state index >= 15 is 0 Å². The molecule has 9 heteroatoms. The van der Waals surface area contributed by atoms with Crippen LogP contribution in [0.25, 0.3) is 16.6 Å². The third kappa shape index (κ3) is 4.15. The Labute approximate surface area is 193 Å². The van der Waals surface area contributed by atoms with Crippen molar-refractivity contribution in [2.45, 2.75) is 0 Å². The number of fused-ring (bicyclic) bond motifs is 1. The number of halogens is 2. The Balaban J connectivity index is 1.96. The molecule has 0 atom stereocenters. The average Bonchev–Trinajstić information content (AvgIpc) is 2.82. The third-order valence-corrected chi connectivity index (χ3v) is 5.37. The second-order valence-corrected chi connectivity index (χ2v) is 7.51. The fraction of sp³-hybridized carbons (Fsp3) is 0.120. The number of ether oxygens (including phenoxy) is 2. The van der Waals surface area contributed by atoms with Gasteiger partial charge in [0.1, 0.15) is 34.4 Å². The first-order valence-corrected chi connectivity index (χ1v) is 10.1. The number of phenolic OH excluding ortho intramolecular Hbond substituents is 1. The molecule has 3 aromatic carbocycles. The molecule has 0 unspecified atom stereocenters. The Morgan fingerprint density at radius 2 is 1.56 bits per heavy atom. The van der Waals surface area contributed by atoms with E-state index in [1.54, 1.807) is 18.2 Å². The zero-order valence-corrected chi connectivity index (χ0v) is 18.5. The van der Waals surface area contributed by atoms with Gasteiger partial charge in [0.25, 0.3) is 5.91 Å². The van der Waals surface area contributed by atoms with Gasteiger partial charge in [-0.05, 0) is 24.3 Å². The van der Waals surface area contributed by atoms with E-state index in [1.165, 1.54) is 50.2 Å². The lowest BCUT2D eigenvalue weighted by Gasteiger charge is -2.20. The molecule has 34 heavy (non-hydrogen) atoms. The molecule has 0 fully saturated rings. The molecule has 1 N–H and O–H groups in total. The number of amides is 1. The van der Waals surface area contributed by atoms with Gasteiger partial charge in [0.05, 0.1) is 25.4 Å². The molecule has 1 amide bonds. The summed E-state index contributed by atoms with van der Waals surface area (Å²) >= 11 is 0. The molecule has 0 bridgehead atoms. The first kappa shape index (κ1) is 22.8. The van der Waals surface area contributed by atoms with Crippen LogP contribution in [0.2, 0.25) is 0 Å². The summed E-state index contributed by atoms with van der Waals surface area (Å²) in [5.41, 5.74) is -0.0825. The van der Waals surface area contributed by atoms with Gasteiger partial charge in [-0.15, -0.1) is 0 Å². The van der Waals surface area contributed by atoms with Gasteiger partial charge in [-0.3, -0.25) is 9.59 Å². The number of rotatable bonds is 5. The summed E-state index contributed by atoms with van der Waals surface area (Å²) in [6.45, 7) is 0. The third-order valence-electron chi connectivity index (χ3n) is 5.37. The van der Waals surface area contributed by atoms with Gasteiger partial charge >= 0.3 is 0 Å². The Morgan fingerprint density at radius 1 is 0.941 bits per heavy atom. The second kappa shape index (κ2) is 8.86. The number of hydrogen-bond acceptors (Lipinski definition) is 5. The number of carbonyl (C=O) groups is 1. The number of benzene rings is 3. The monoisotopic (exact) mass is 466 g/mol. The van der Waals surface area contributed by atoms with Crippen molar-refractivity contribution < 1.29 is 28.2 Å². The molecule has 0 aliphatic heterocycles. The highest BCUT2D eigenvalue weighted by molar-refractivity contribution is 6.07. The topological polar surface area (TPSA) is 81.0 Å². The van der Waals surface area contributed by atoms with Crippen molar-refractivity contribution in [1.82, 2.24) is 4.57 Å². The summed E-state index contributed by atoms with van der Waals surface area (Å²) in [6.07, 6.45) is 1.31.